The van der Waals surface area contributed by atoms with Crippen LogP contribution in [-0.4, -0.2) is 50.0 Å². The summed E-state index contributed by atoms with van der Waals surface area (Å²) in [7, 11) is -3.75. The normalized spacial score (nSPS) is 15.3. The lowest BCUT2D eigenvalue weighted by molar-refractivity contribution is -0.139. The molecule has 2 aromatic carbocycles. The molecule has 0 bridgehead atoms. The minimum atomic E-state index is -3.75. The molecular formula is C26H34ClN3O4S. The van der Waals surface area contributed by atoms with Gasteiger partial charge >= 0.3 is 0 Å². The smallest absolute Gasteiger partial charge is 0.244 e. The number of aryl methyl sites for hydroxylation is 1. The van der Waals surface area contributed by atoms with Crippen LogP contribution in [0.15, 0.2) is 48.5 Å². The van der Waals surface area contributed by atoms with Crippen molar-refractivity contribution in [2.75, 3.05) is 17.1 Å². The first-order valence-electron chi connectivity index (χ1n) is 11.9. The number of rotatable bonds is 9. The maximum atomic E-state index is 13.6. The van der Waals surface area contributed by atoms with Gasteiger partial charge in [0.1, 0.15) is 12.6 Å². The Morgan fingerprint density at radius 3 is 2.29 bits per heavy atom. The average molecular weight is 520 g/mol. The molecule has 35 heavy (non-hydrogen) atoms. The minimum absolute atomic E-state index is 0.102. The van der Waals surface area contributed by atoms with Crippen molar-refractivity contribution < 1.29 is 18.0 Å². The predicted molar refractivity (Wildman–Crippen MR) is 140 cm³/mol. The highest BCUT2D eigenvalue weighted by molar-refractivity contribution is 7.92. The van der Waals surface area contributed by atoms with Crippen molar-refractivity contribution in [3.05, 3.63) is 64.7 Å². The number of nitrogens with zero attached hydrogens (tertiary/aromatic N) is 2. The Morgan fingerprint density at radius 1 is 1.06 bits per heavy atom. The number of para-hydroxylation sites is 1. The van der Waals surface area contributed by atoms with Gasteiger partial charge in [-0.1, -0.05) is 61.2 Å². The molecule has 190 valence electrons. The van der Waals surface area contributed by atoms with Gasteiger partial charge in [0.25, 0.3) is 0 Å². The number of hydrogen-bond donors (Lipinski definition) is 1. The van der Waals surface area contributed by atoms with Gasteiger partial charge in [-0.3, -0.25) is 13.9 Å². The molecule has 1 saturated carbocycles. The van der Waals surface area contributed by atoms with E-state index >= 15 is 0 Å². The van der Waals surface area contributed by atoms with E-state index in [0.29, 0.717) is 10.7 Å². The van der Waals surface area contributed by atoms with Crippen molar-refractivity contribution in [2.45, 2.75) is 64.6 Å². The predicted octanol–water partition coefficient (Wildman–Crippen LogP) is 4.28. The van der Waals surface area contributed by atoms with Crippen LogP contribution in [0.3, 0.4) is 0 Å². The topological polar surface area (TPSA) is 86.8 Å². The molecule has 1 fully saturated rings. The quantitative estimate of drug-likeness (QED) is 0.535. The molecule has 1 N–H and O–H groups in total. The molecule has 0 aliphatic heterocycles. The Labute approximate surface area is 213 Å². The van der Waals surface area contributed by atoms with E-state index in [1.165, 1.54) is 11.3 Å². The van der Waals surface area contributed by atoms with Gasteiger partial charge in [0.2, 0.25) is 21.8 Å². The Kier molecular flexibility index (Phi) is 9.19. The van der Waals surface area contributed by atoms with E-state index in [9.17, 15) is 18.0 Å². The Morgan fingerprint density at radius 2 is 1.69 bits per heavy atom. The van der Waals surface area contributed by atoms with Gasteiger partial charge in [0.05, 0.1) is 11.9 Å². The molecule has 3 rings (SSSR count). The maximum Gasteiger partial charge on any atom is 0.244 e. The molecule has 2 amide bonds. The van der Waals surface area contributed by atoms with Crippen LogP contribution in [-0.2, 0) is 26.2 Å². The number of halogens is 1. The molecule has 9 heteroatoms. The summed E-state index contributed by atoms with van der Waals surface area (Å²) < 4.78 is 26.4. The van der Waals surface area contributed by atoms with Gasteiger partial charge in [-0.25, -0.2) is 8.42 Å². The maximum absolute atomic E-state index is 13.6. The summed E-state index contributed by atoms with van der Waals surface area (Å²) in [5, 5.41) is 3.65. The number of carbonyl (C=O) groups excluding carboxylic acids is 2. The molecule has 0 unspecified atom stereocenters. The highest BCUT2D eigenvalue weighted by Gasteiger charge is 2.31. The number of carbonyl (C=O) groups is 2. The third-order valence-corrected chi connectivity index (χ3v) is 7.83. The molecule has 0 spiro atoms. The number of anilines is 1. The highest BCUT2D eigenvalue weighted by atomic mass is 35.5. The van der Waals surface area contributed by atoms with Crippen LogP contribution >= 0.6 is 11.6 Å². The molecular weight excluding hydrogens is 486 g/mol. The summed E-state index contributed by atoms with van der Waals surface area (Å²) in [5.74, 6) is -0.694. The van der Waals surface area contributed by atoms with Gasteiger partial charge in [-0.2, -0.15) is 0 Å². The summed E-state index contributed by atoms with van der Waals surface area (Å²) in [6.07, 6.45) is 6.26. The second kappa shape index (κ2) is 11.9. The average Bonchev–Trinajstić information content (AvgIpc) is 2.82. The largest absolute Gasteiger partial charge is 0.352 e. The van der Waals surface area contributed by atoms with E-state index in [-0.39, 0.29) is 18.5 Å². The van der Waals surface area contributed by atoms with Crippen LogP contribution in [0.4, 0.5) is 5.69 Å². The van der Waals surface area contributed by atoms with Gasteiger partial charge in [0, 0.05) is 17.6 Å². The van der Waals surface area contributed by atoms with Crippen LogP contribution in [0.5, 0.6) is 0 Å². The minimum Gasteiger partial charge on any atom is -0.352 e. The molecule has 1 aliphatic carbocycles. The first-order chi connectivity index (χ1) is 16.6. The van der Waals surface area contributed by atoms with E-state index in [0.717, 1.165) is 47.4 Å². The monoisotopic (exact) mass is 519 g/mol. The van der Waals surface area contributed by atoms with E-state index in [1.807, 2.05) is 6.07 Å². The number of hydrogen-bond acceptors (Lipinski definition) is 4. The molecule has 1 atom stereocenters. The summed E-state index contributed by atoms with van der Waals surface area (Å²) in [6, 6.07) is 13.4. The lowest BCUT2D eigenvalue weighted by Gasteiger charge is -2.33. The van der Waals surface area contributed by atoms with Crippen molar-refractivity contribution in [1.82, 2.24) is 10.2 Å². The van der Waals surface area contributed by atoms with E-state index < -0.39 is 28.5 Å². The van der Waals surface area contributed by atoms with Crippen molar-refractivity contribution in [3.8, 4) is 0 Å². The standard InChI is InChI=1S/C26H34ClN3O4S/c1-19-9-7-8-12-24(19)30(35(3,33)34)18-25(31)29(17-21-13-15-22(27)16-14-21)20(2)26(32)28-23-10-5-4-6-11-23/h7-9,12-16,20,23H,4-6,10-11,17-18H2,1-3H3,(H,28,32)/t20-/m0/s1. The zero-order chi connectivity index (χ0) is 25.6. The van der Waals surface area contributed by atoms with Crippen LogP contribution in [0.2, 0.25) is 5.02 Å². The second-order valence-corrected chi connectivity index (χ2v) is 11.6. The van der Waals surface area contributed by atoms with Crippen molar-refractivity contribution in [3.63, 3.8) is 0 Å². The molecule has 0 saturated heterocycles. The summed E-state index contributed by atoms with van der Waals surface area (Å²) >= 11 is 6.02. The highest BCUT2D eigenvalue weighted by Crippen LogP contribution is 2.23. The third-order valence-electron chi connectivity index (χ3n) is 6.45. The van der Waals surface area contributed by atoms with Gasteiger partial charge in [-0.05, 0) is 56.0 Å². The zero-order valence-corrected chi connectivity index (χ0v) is 22.1. The number of nitrogens with one attached hydrogen (secondary N) is 1. The van der Waals surface area contributed by atoms with Gasteiger partial charge < -0.3 is 10.2 Å². The molecule has 0 heterocycles. The molecule has 7 nitrogen and oxygen atoms in total. The molecule has 1 aliphatic rings. The zero-order valence-electron chi connectivity index (χ0n) is 20.5. The van der Waals surface area contributed by atoms with Crippen LogP contribution in [0.25, 0.3) is 0 Å². The Balaban J connectivity index is 1.87. The first kappa shape index (κ1) is 27.0. The number of benzene rings is 2. The van der Waals surface area contributed by atoms with Crippen molar-refractivity contribution in [2.24, 2.45) is 0 Å². The van der Waals surface area contributed by atoms with Gasteiger partial charge in [-0.15, -0.1) is 0 Å². The van der Waals surface area contributed by atoms with Crippen LogP contribution in [0, 0.1) is 6.92 Å². The van der Waals surface area contributed by atoms with Gasteiger partial charge in [0.15, 0.2) is 0 Å². The summed E-state index contributed by atoms with van der Waals surface area (Å²) in [4.78, 5) is 28.2. The summed E-state index contributed by atoms with van der Waals surface area (Å²) in [5.41, 5.74) is 1.97. The first-order valence-corrected chi connectivity index (χ1v) is 14.2. The number of sulfonamides is 1. The fourth-order valence-electron chi connectivity index (χ4n) is 4.38. The fourth-order valence-corrected chi connectivity index (χ4v) is 5.41. The van der Waals surface area contributed by atoms with Crippen LogP contribution in [0.1, 0.15) is 50.2 Å². The lowest BCUT2D eigenvalue weighted by atomic mass is 9.95. The molecule has 0 aromatic heterocycles. The number of amides is 2. The SMILES string of the molecule is Cc1ccccc1N(CC(=O)N(Cc1ccc(Cl)cc1)[C@@H](C)C(=O)NC1CCCCC1)S(C)(=O)=O. The Hall–Kier alpha value is -2.58. The van der Waals surface area contributed by atoms with Crippen LogP contribution < -0.4 is 9.62 Å². The van der Waals surface area contributed by atoms with E-state index in [1.54, 1.807) is 56.3 Å². The summed E-state index contributed by atoms with van der Waals surface area (Å²) in [6.45, 7) is 3.23. The van der Waals surface area contributed by atoms with Crippen molar-refractivity contribution in [1.29, 1.82) is 0 Å². The lowest BCUT2D eigenvalue weighted by Crippen LogP contribution is -2.53. The molecule has 0 radical (unpaired) electrons. The van der Waals surface area contributed by atoms with Crippen molar-refractivity contribution >= 4 is 39.1 Å². The third kappa shape index (κ3) is 7.45. The molecule has 2 aromatic rings. The van der Waals surface area contributed by atoms with E-state index in [2.05, 4.69) is 5.32 Å². The second-order valence-electron chi connectivity index (χ2n) is 9.22. The Bertz CT molecular complexity index is 1130. The van der Waals surface area contributed by atoms with E-state index in [4.69, 9.17) is 11.6 Å². The fraction of sp³-hybridized carbons (Fsp3) is 0.462.